The third-order valence-electron chi connectivity index (χ3n) is 2.61. The maximum absolute atomic E-state index is 4.19. The van der Waals surface area contributed by atoms with E-state index in [2.05, 4.69) is 21.3 Å². The fourth-order valence-electron chi connectivity index (χ4n) is 1.81. The van der Waals surface area contributed by atoms with E-state index in [4.69, 9.17) is 0 Å². The highest BCUT2D eigenvalue weighted by atomic mass is 15.2. The van der Waals surface area contributed by atoms with Crippen molar-refractivity contribution >= 4 is 6.21 Å². The quantitative estimate of drug-likeness (QED) is 0.660. The zero-order valence-corrected chi connectivity index (χ0v) is 8.00. The molecular formula is C10H17N3. The van der Waals surface area contributed by atoms with E-state index in [1.54, 1.807) is 0 Å². The molecule has 2 aliphatic heterocycles. The van der Waals surface area contributed by atoms with Crippen LogP contribution in [-0.2, 0) is 0 Å². The minimum Gasteiger partial charge on any atom is -0.314 e. The minimum absolute atomic E-state index is 0.984. The van der Waals surface area contributed by atoms with E-state index < -0.39 is 0 Å². The normalized spacial score (nSPS) is 24.5. The summed E-state index contributed by atoms with van der Waals surface area (Å²) in [6.45, 7) is 6.79. The first kappa shape index (κ1) is 8.91. The van der Waals surface area contributed by atoms with Crippen LogP contribution in [0, 0.1) is 0 Å². The number of hydrogen-bond donors (Lipinski definition) is 1. The van der Waals surface area contributed by atoms with Gasteiger partial charge < -0.3 is 5.32 Å². The van der Waals surface area contributed by atoms with Crippen molar-refractivity contribution < 1.29 is 0 Å². The average molecular weight is 179 g/mol. The molecular weight excluding hydrogens is 162 g/mol. The summed E-state index contributed by atoms with van der Waals surface area (Å²) >= 11 is 0. The molecule has 0 aromatic rings. The monoisotopic (exact) mass is 179 g/mol. The van der Waals surface area contributed by atoms with E-state index in [0.29, 0.717) is 0 Å². The Morgan fingerprint density at radius 2 is 2.23 bits per heavy atom. The van der Waals surface area contributed by atoms with E-state index in [-0.39, 0.29) is 0 Å². The summed E-state index contributed by atoms with van der Waals surface area (Å²) in [6, 6.07) is 0. The number of aliphatic imine (C=N–C) groups is 1. The fourth-order valence-corrected chi connectivity index (χ4v) is 1.81. The highest BCUT2D eigenvalue weighted by molar-refractivity contribution is 5.73. The molecule has 0 unspecified atom stereocenters. The Kier molecular flexibility index (Phi) is 3.11. The second-order valence-corrected chi connectivity index (χ2v) is 3.66. The van der Waals surface area contributed by atoms with Gasteiger partial charge in [-0.05, 0) is 12.5 Å². The minimum atomic E-state index is 0.984. The van der Waals surface area contributed by atoms with Crippen molar-refractivity contribution in [1.82, 2.24) is 10.2 Å². The zero-order chi connectivity index (χ0) is 8.93. The molecule has 0 aliphatic carbocycles. The van der Waals surface area contributed by atoms with Crippen LogP contribution < -0.4 is 5.32 Å². The van der Waals surface area contributed by atoms with Gasteiger partial charge in [-0.2, -0.15) is 0 Å². The van der Waals surface area contributed by atoms with Crippen LogP contribution >= 0.6 is 0 Å². The van der Waals surface area contributed by atoms with Crippen molar-refractivity contribution in [3.63, 3.8) is 0 Å². The number of nitrogens with zero attached hydrogens (tertiary/aromatic N) is 2. The van der Waals surface area contributed by atoms with Crippen molar-refractivity contribution in [3.8, 4) is 0 Å². The van der Waals surface area contributed by atoms with Gasteiger partial charge in [0.2, 0.25) is 0 Å². The summed E-state index contributed by atoms with van der Waals surface area (Å²) in [5.74, 6) is 0. The summed E-state index contributed by atoms with van der Waals surface area (Å²) < 4.78 is 0. The number of piperazine rings is 1. The number of rotatable bonds is 2. The number of hydrogen-bond acceptors (Lipinski definition) is 3. The van der Waals surface area contributed by atoms with Gasteiger partial charge in [-0.1, -0.05) is 5.57 Å². The summed E-state index contributed by atoms with van der Waals surface area (Å²) in [5, 5.41) is 3.36. The van der Waals surface area contributed by atoms with Gasteiger partial charge >= 0.3 is 0 Å². The number of nitrogens with one attached hydrogen (secondary N) is 1. The van der Waals surface area contributed by atoms with Gasteiger partial charge in [-0.25, -0.2) is 0 Å². The average Bonchev–Trinajstić information content (AvgIpc) is 2.21. The van der Waals surface area contributed by atoms with Gasteiger partial charge in [0.05, 0.1) is 0 Å². The van der Waals surface area contributed by atoms with E-state index in [1.807, 2.05) is 6.21 Å². The summed E-state index contributed by atoms with van der Waals surface area (Å²) in [7, 11) is 0. The van der Waals surface area contributed by atoms with Crippen molar-refractivity contribution in [3.05, 3.63) is 11.6 Å². The molecule has 0 radical (unpaired) electrons. The third kappa shape index (κ3) is 2.64. The first-order chi connectivity index (χ1) is 6.45. The maximum Gasteiger partial charge on any atom is 0.0427 e. The molecule has 0 saturated carbocycles. The molecule has 1 N–H and O–H groups in total. The van der Waals surface area contributed by atoms with Crippen LogP contribution in [0.3, 0.4) is 0 Å². The van der Waals surface area contributed by atoms with Crippen LogP contribution in [0.25, 0.3) is 0 Å². The Morgan fingerprint density at radius 1 is 1.38 bits per heavy atom. The van der Waals surface area contributed by atoms with Gasteiger partial charge in [0.1, 0.15) is 0 Å². The Balaban J connectivity index is 1.82. The van der Waals surface area contributed by atoms with Gasteiger partial charge in [-0.3, -0.25) is 9.89 Å². The lowest BCUT2D eigenvalue weighted by molar-refractivity contribution is 0.258. The van der Waals surface area contributed by atoms with Gasteiger partial charge in [0, 0.05) is 45.5 Å². The van der Waals surface area contributed by atoms with Crippen molar-refractivity contribution in [2.75, 3.05) is 39.3 Å². The molecule has 3 nitrogen and oxygen atoms in total. The standard InChI is InChI=1S/C10H17N3/c1-3-11-4-2-10(1)9-13-7-5-12-6-8-13/h1,3,12H,2,4-9H2. The predicted molar refractivity (Wildman–Crippen MR) is 55.4 cm³/mol. The number of allylic oxidation sites excluding steroid dienone is 1. The molecule has 13 heavy (non-hydrogen) atoms. The van der Waals surface area contributed by atoms with Gasteiger partial charge in [-0.15, -0.1) is 0 Å². The van der Waals surface area contributed by atoms with E-state index in [9.17, 15) is 0 Å². The van der Waals surface area contributed by atoms with Gasteiger partial charge in [0.15, 0.2) is 0 Å². The largest absolute Gasteiger partial charge is 0.314 e. The molecule has 0 aromatic carbocycles. The lowest BCUT2D eigenvalue weighted by atomic mass is 10.1. The summed E-state index contributed by atoms with van der Waals surface area (Å²) in [6.07, 6.45) is 5.27. The van der Waals surface area contributed by atoms with Crippen molar-refractivity contribution in [2.45, 2.75) is 6.42 Å². The van der Waals surface area contributed by atoms with Crippen LogP contribution in [0.15, 0.2) is 16.6 Å². The first-order valence-electron chi connectivity index (χ1n) is 5.06. The second kappa shape index (κ2) is 4.53. The fraction of sp³-hybridized carbons (Fsp3) is 0.700. The maximum atomic E-state index is 4.19. The SMILES string of the molecule is C1=NCCC(CN2CCNCC2)=C1. The second-order valence-electron chi connectivity index (χ2n) is 3.66. The Labute approximate surface area is 79.5 Å². The Hall–Kier alpha value is -0.670. The number of dihydropyridines is 1. The van der Waals surface area contributed by atoms with Crippen LogP contribution in [0.5, 0.6) is 0 Å². The molecule has 3 heteroatoms. The molecule has 0 spiro atoms. The predicted octanol–water partition coefficient (Wildman–Crippen LogP) is 0.293. The molecule has 0 aromatic heterocycles. The Morgan fingerprint density at radius 3 is 2.92 bits per heavy atom. The third-order valence-corrected chi connectivity index (χ3v) is 2.61. The highest BCUT2D eigenvalue weighted by Gasteiger charge is 2.11. The van der Waals surface area contributed by atoms with Crippen LogP contribution in [-0.4, -0.2) is 50.4 Å². The molecule has 72 valence electrons. The van der Waals surface area contributed by atoms with Crippen LogP contribution in [0.1, 0.15) is 6.42 Å². The summed E-state index contributed by atoms with van der Waals surface area (Å²) in [4.78, 5) is 6.70. The molecule has 1 saturated heterocycles. The lowest BCUT2D eigenvalue weighted by Crippen LogP contribution is -2.44. The molecule has 0 amide bonds. The first-order valence-corrected chi connectivity index (χ1v) is 5.06. The van der Waals surface area contributed by atoms with Crippen molar-refractivity contribution in [2.24, 2.45) is 4.99 Å². The molecule has 0 atom stereocenters. The molecule has 0 bridgehead atoms. The lowest BCUT2D eigenvalue weighted by Gasteiger charge is -2.28. The van der Waals surface area contributed by atoms with E-state index in [1.165, 1.54) is 18.7 Å². The van der Waals surface area contributed by atoms with E-state index >= 15 is 0 Å². The van der Waals surface area contributed by atoms with Gasteiger partial charge in [0.25, 0.3) is 0 Å². The van der Waals surface area contributed by atoms with Crippen LogP contribution in [0.2, 0.25) is 0 Å². The Bertz CT molecular complexity index is 214. The van der Waals surface area contributed by atoms with E-state index in [0.717, 1.165) is 32.6 Å². The summed E-state index contributed by atoms with van der Waals surface area (Å²) in [5.41, 5.74) is 1.54. The van der Waals surface area contributed by atoms with Crippen molar-refractivity contribution in [1.29, 1.82) is 0 Å². The molecule has 1 fully saturated rings. The molecule has 2 rings (SSSR count). The molecule has 2 heterocycles. The molecule has 2 aliphatic rings. The highest BCUT2D eigenvalue weighted by Crippen LogP contribution is 2.07. The van der Waals surface area contributed by atoms with Crippen LogP contribution in [0.4, 0.5) is 0 Å². The topological polar surface area (TPSA) is 27.6 Å². The zero-order valence-electron chi connectivity index (χ0n) is 8.00. The smallest absolute Gasteiger partial charge is 0.0427 e.